The maximum absolute atomic E-state index is 16.1. The first-order valence-corrected chi connectivity index (χ1v) is 21.2. The number of aryl methyl sites for hydroxylation is 3. The van der Waals surface area contributed by atoms with Crippen LogP contribution >= 0.6 is 0 Å². The van der Waals surface area contributed by atoms with Crippen LogP contribution < -0.4 is 11.4 Å². The van der Waals surface area contributed by atoms with Crippen molar-refractivity contribution in [3.63, 3.8) is 0 Å². The van der Waals surface area contributed by atoms with Gasteiger partial charge < -0.3 is 18.9 Å². The highest BCUT2D eigenvalue weighted by Gasteiger charge is 2.49. The molecule has 18 heteroatoms. The fourth-order valence-corrected chi connectivity index (χ4v) is 9.98. The van der Waals surface area contributed by atoms with Gasteiger partial charge in [-0.05, 0) is 106 Å². The van der Waals surface area contributed by atoms with Crippen LogP contribution in [-0.2, 0) is 35.0 Å². The number of carbonyl (C=O) groups excluding carboxylic acids is 1. The summed E-state index contributed by atoms with van der Waals surface area (Å²) in [5.41, 5.74) is 3.47. The van der Waals surface area contributed by atoms with E-state index >= 15 is 13.6 Å². The minimum atomic E-state index is -1.05. The largest absolute Gasteiger partial charge is 0.438 e. The first-order chi connectivity index (χ1) is 30.7. The second-order valence-corrected chi connectivity index (χ2v) is 17.9. The summed E-state index contributed by atoms with van der Waals surface area (Å²) in [6.07, 6.45) is 6.49. The van der Waals surface area contributed by atoms with Gasteiger partial charge in [-0.2, -0.15) is 10.2 Å². The number of ether oxygens (including phenoxy) is 2. The molecule has 0 aliphatic carbocycles. The number of benzene rings is 3. The number of amides is 1. The van der Waals surface area contributed by atoms with Gasteiger partial charge in [-0.1, -0.05) is 11.2 Å². The molecule has 8 heterocycles. The molecule has 0 radical (unpaired) electrons. The molecule has 2 fully saturated rings. The lowest BCUT2D eigenvalue weighted by Gasteiger charge is -2.42. The zero-order chi connectivity index (χ0) is 44.4. The number of halogens is 2. The molecule has 1 N–H and O–H groups in total. The third-order valence-corrected chi connectivity index (χ3v) is 13.3. The molecule has 2 saturated heterocycles. The predicted molar refractivity (Wildman–Crippen MR) is 230 cm³/mol. The first kappa shape index (κ1) is 39.9. The fourth-order valence-electron chi connectivity index (χ4n) is 9.98. The number of imidazole rings is 1. The molecule has 328 valence electrons. The van der Waals surface area contributed by atoms with Gasteiger partial charge in [0, 0.05) is 55.5 Å². The Morgan fingerprint density at radius 1 is 0.953 bits per heavy atom. The van der Waals surface area contributed by atoms with Crippen LogP contribution in [0.3, 0.4) is 0 Å². The van der Waals surface area contributed by atoms with Crippen molar-refractivity contribution in [3.8, 4) is 17.2 Å². The van der Waals surface area contributed by atoms with Gasteiger partial charge in [-0.15, -0.1) is 0 Å². The Bertz CT molecular complexity index is 3320. The molecule has 1 atom stereocenters. The van der Waals surface area contributed by atoms with Crippen LogP contribution in [0.25, 0.3) is 39.0 Å². The molecule has 0 bridgehead atoms. The summed E-state index contributed by atoms with van der Waals surface area (Å²) in [7, 11) is 1.71. The first-order valence-electron chi connectivity index (χ1n) is 21.2. The predicted octanol–water partition coefficient (Wildman–Crippen LogP) is 5.87. The Hall–Kier alpha value is -6.92. The van der Waals surface area contributed by atoms with Gasteiger partial charge in [0.05, 0.1) is 59.5 Å². The van der Waals surface area contributed by atoms with Crippen molar-refractivity contribution in [1.82, 2.24) is 48.3 Å². The van der Waals surface area contributed by atoms with E-state index in [1.807, 2.05) is 16.7 Å². The Kier molecular flexibility index (Phi) is 8.91. The van der Waals surface area contributed by atoms with Crippen molar-refractivity contribution in [2.45, 2.75) is 70.6 Å². The Balaban J connectivity index is 1.04. The highest BCUT2D eigenvalue weighted by Crippen LogP contribution is 2.41. The lowest BCUT2D eigenvalue weighted by molar-refractivity contribution is -0.0801. The van der Waals surface area contributed by atoms with E-state index in [2.05, 4.69) is 41.2 Å². The maximum Gasteiger partial charge on any atom is 0.438 e. The highest BCUT2D eigenvalue weighted by molar-refractivity contribution is 5.99. The molecular weight excluding hydrogens is 827 g/mol. The molecular formula is C46H44F2N10O6. The molecule has 64 heavy (non-hydrogen) atoms. The topological polar surface area (TPSA) is 165 Å². The Morgan fingerprint density at radius 3 is 2.44 bits per heavy atom. The molecule has 3 aliphatic heterocycles. The van der Waals surface area contributed by atoms with Gasteiger partial charge in [-0.25, -0.2) is 23.1 Å². The van der Waals surface area contributed by atoms with E-state index < -0.39 is 22.8 Å². The van der Waals surface area contributed by atoms with E-state index in [1.165, 1.54) is 27.6 Å². The summed E-state index contributed by atoms with van der Waals surface area (Å²) in [4.78, 5) is 46.6. The summed E-state index contributed by atoms with van der Waals surface area (Å²) < 4.78 is 55.6. The molecule has 1 amide bonds. The number of carbonyl (C=O) groups is 1. The standard InChI is InChI=1S/C46H44F2N10O6/c1-25-16-30(17-26(2)38(25)47)58-40(56-14-13-55(44(56)61)36-9-8-35-31(39(36)48)21-49-53(35)5)32-22-54(12-10-33(32)51-58)41(59)37-19-29-18-27(28-11-15-63-45(3,4)20-28)6-7-34(29)57(37)46(23-62-24-46)42-50-43(60)64-52-42/h6-9,13-14,16-19,21,28H,10-12,15,20,22-24H2,1-5H3,(H,50,52,60)/t28-/m0/s1. The van der Waals surface area contributed by atoms with E-state index in [0.717, 1.165) is 29.3 Å². The minimum Gasteiger partial charge on any atom is -0.376 e. The number of hydrogen-bond donors (Lipinski definition) is 1. The van der Waals surface area contributed by atoms with E-state index in [1.54, 1.807) is 59.6 Å². The van der Waals surface area contributed by atoms with E-state index in [4.69, 9.17) is 19.1 Å². The van der Waals surface area contributed by atoms with Crippen molar-refractivity contribution in [2.75, 3.05) is 26.4 Å². The second-order valence-electron chi connectivity index (χ2n) is 17.9. The summed E-state index contributed by atoms with van der Waals surface area (Å²) in [5.74, 6) is -1.17. The lowest BCUT2D eigenvalue weighted by Crippen LogP contribution is -2.55. The maximum atomic E-state index is 16.1. The van der Waals surface area contributed by atoms with Gasteiger partial charge in [0.15, 0.2) is 17.2 Å². The molecule has 3 aromatic carbocycles. The summed E-state index contributed by atoms with van der Waals surface area (Å²) >= 11 is 0. The summed E-state index contributed by atoms with van der Waals surface area (Å²) in [6, 6.07) is 14.7. The molecule has 16 nitrogen and oxygen atoms in total. The number of H-pyrrole nitrogens is 1. The molecule has 8 aromatic rings. The Labute approximate surface area is 363 Å². The fraction of sp³-hybridized carbons (Fsp3) is 0.348. The SMILES string of the molecule is Cc1cc(-n2nc3c(c2-n2ccn(-c4ccc5c(cnn5C)c4F)c2=O)CN(C(=O)c2cc4cc([C@H]5CCOC(C)(C)C5)ccc4n2C2(c4noc(=O)[nH]4)COC2)CC3)cc(C)c1F. The van der Waals surface area contributed by atoms with Crippen molar-refractivity contribution in [3.05, 3.63) is 139 Å². The van der Waals surface area contributed by atoms with E-state index in [-0.39, 0.29) is 66.4 Å². The van der Waals surface area contributed by atoms with Crippen LogP contribution in [-0.4, -0.2) is 86.2 Å². The lowest BCUT2D eigenvalue weighted by atomic mass is 9.83. The number of fused-ring (bicyclic) bond motifs is 3. The highest BCUT2D eigenvalue weighted by atomic mass is 19.1. The van der Waals surface area contributed by atoms with Crippen molar-refractivity contribution in [2.24, 2.45) is 7.05 Å². The van der Waals surface area contributed by atoms with Crippen LogP contribution in [0.2, 0.25) is 0 Å². The third-order valence-electron chi connectivity index (χ3n) is 13.3. The van der Waals surface area contributed by atoms with Crippen LogP contribution in [0, 0.1) is 25.5 Å². The normalized spacial score (nSPS) is 18.2. The average Bonchev–Trinajstić information content (AvgIpc) is 4.10. The van der Waals surface area contributed by atoms with Crippen LogP contribution in [0.1, 0.15) is 76.9 Å². The van der Waals surface area contributed by atoms with Crippen LogP contribution in [0.5, 0.6) is 0 Å². The molecule has 0 saturated carbocycles. The van der Waals surface area contributed by atoms with Gasteiger partial charge in [0.2, 0.25) is 0 Å². The van der Waals surface area contributed by atoms with Gasteiger partial charge in [-0.3, -0.25) is 28.1 Å². The second kappa shape index (κ2) is 14.3. The van der Waals surface area contributed by atoms with E-state index in [9.17, 15) is 9.59 Å². The monoisotopic (exact) mass is 870 g/mol. The number of nitrogens with zero attached hydrogens (tertiary/aromatic N) is 9. The van der Waals surface area contributed by atoms with Gasteiger partial charge >= 0.3 is 11.4 Å². The van der Waals surface area contributed by atoms with E-state index in [0.29, 0.717) is 58.1 Å². The smallest absolute Gasteiger partial charge is 0.376 e. The summed E-state index contributed by atoms with van der Waals surface area (Å²) in [5, 5.41) is 14.4. The number of nitrogens with one attached hydrogen (secondary N) is 1. The number of aromatic nitrogens is 9. The zero-order valence-corrected chi connectivity index (χ0v) is 35.8. The average molecular weight is 871 g/mol. The molecule has 0 spiro atoms. The summed E-state index contributed by atoms with van der Waals surface area (Å²) in [6.45, 7) is 8.74. The quantitative estimate of drug-likeness (QED) is 0.206. The van der Waals surface area contributed by atoms with Crippen molar-refractivity contribution in [1.29, 1.82) is 0 Å². The molecule has 11 rings (SSSR count). The number of hydrogen-bond acceptors (Lipinski definition) is 9. The molecule has 3 aliphatic rings. The number of aromatic amines is 1. The van der Waals surface area contributed by atoms with Crippen molar-refractivity contribution >= 4 is 27.7 Å². The van der Waals surface area contributed by atoms with Gasteiger partial charge in [0.1, 0.15) is 17.3 Å². The molecule has 5 aromatic heterocycles. The van der Waals surface area contributed by atoms with Crippen molar-refractivity contribution < 1.29 is 27.6 Å². The molecule has 0 unspecified atom stereocenters. The Morgan fingerprint density at radius 2 is 1.72 bits per heavy atom. The van der Waals surface area contributed by atoms with Crippen LogP contribution in [0.4, 0.5) is 8.78 Å². The minimum absolute atomic E-state index is 0.0355. The number of rotatable bonds is 7. The third kappa shape index (κ3) is 6.06. The van der Waals surface area contributed by atoms with Gasteiger partial charge in [0.25, 0.3) is 5.91 Å². The van der Waals surface area contributed by atoms with Crippen LogP contribution in [0.15, 0.2) is 81.2 Å². The zero-order valence-electron chi connectivity index (χ0n) is 35.8.